The molecule has 3 aromatic carbocycles. The van der Waals surface area contributed by atoms with Gasteiger partial charge in [-0.15, -0.1) is 23.1 Å². The van der Waals surface area contributed by atoms with Gasteiger partial charge in [0.2, 0.25) is 5.91 Å². The summed E-state index contributed by atoms with van der Waals surface area (Å²) in [5.74, 6) is -0.760. The molecule has 5 nitrogen and oxygen atoms in total. The number of anilines is 1. The Hall–Kier alpha value is -3.17. The van der Waals surface area contributed by atoms with E-state index < -0.39 is 10.8 Å². The SMILES string of the molecule is O=C1CC(c2ccc(N3CCOCC3)cc2)(c2csc(Cc3ccc(F)cc3)c2)NC(=O)[C@@H]1Sc1ccccc1Cl. The first kappa shape index (κ1) is 28.0. The van der Waals surface area contributed by atoms with Crippen LogP contribution < -0.4 is 10.2 Å². The van der Waals surface area contributed by atoms with E-state index in [4.69, 9.17) is 16.3 Å². The highest BCUT2D eigenvalue weighted by Crippen LogP contribution is 2.42. The van der Waals surface area contributed by atoms with Gasteiger partial charge in [0.1, 0.15) is 11.1 Å². The van der Waals surface area contributed by atoms with Crippen molar-refractivity contribution in [3.8, 4) is 0 Å². The Kier molecular flexibility index (Phi) is 8.17. The zero-order chi connectivity index (χ0) is 28.4. The Balaban J connectivity index is 1.33. The second-order valence-electron chi connectivity index (χ2n) is 10.2. The Morgan fingerprint density at radius 3 is 2.44 bits per heavy atom. The molecule has 0 bridgehead atoms. The molecule has 2 fully saturated rings. The van der Waals surface area contributed by atoms with Crippen LogP contribution in [0.4, 0.5) is 10.1 Å². The number of nitrogens with zero attached hydrogens (tertiary/aromatic N) is 1. The van der Waals surface area contributed by atoms with Crippen LogP contribution >= 0.6 is 34.7 Å². The zero-order valence-electron chi connectivity index (χ0n) is 22.1. The van der Waals surface area contributed by atoms with Gasteiger partial charge in [-0.1, -0.05) is 48.0 Å². The molecule has 0 aliphatic carbocycles. The fourth-order valence-corrected chi connectivity index (χ4v) is 7.64. The lowest BCUT2D eigenvalue weighted by Gasteiger charge is -2.40. The van der Waals surface area contributed by atoms with Crippen LogP contribution in [0, 0.1) is 5.82 Å². The number of thiophene rings is 1. The number of Topliss-reactive ketones (excluding diaryl/α,β-unsaturated/α-hetero) is 1. The van der Waals surface area contributed by atoms with Crippen molar-refractivity contribution >= 4 is 52.1 Å². The molecule has 2 saturated heterocycles. The van der Waals surface area contributed by atoms with E-state index in [0.717, 1.165) is 40.3 Å². The Morgan fingerprint density at radius 2 is 1.73 bits per heavy atom. The number of piperidine rings is 1. The van der Waals surface area contributed by atoms with Gasteiger partial charge in [0, 0.05) is 41.4 Å². The molecule has 210 valence electrons. The number of amides is 1. The number of hydrogen-bond donors (Lipinski definition) is 1. The van der Waals surface area contributed by atoms with Crippen molar-refractivity contribution in [1.82, 2.24) is 5.32 Å². The molecule has 9 heteroatoms. The number of rotatable bonds is 7. The summed E-state index contributed by atoms with van der Waals surface area (Å²) in [6.45, 7) is 3.01. The summed E-state index contributed by atoms with van der Waals surface area (Å²) >= 11 is 9.10. The third kappa shape index (κ3) is 5.93. The molecule has 1 amide bonds. The lowest BCUT2D eigenvalue weighted by molar-refractivity contribution is -0.132. The first-order valence-corrected chi connectivity index (χ1v) is 15.6. The van der Waals surface area contributed by atoms with Crippen LogP contribution in [0.15, 0.2) is 89.1 Å². The van der Waals surface area contributed by atoms with Crippen molar-refractivity contribution in [3.63, 3.8) is 0 Å². The normalized spacial score (nSPS) is 21.1. The Labute approximate surface area is 251 Å². The molecular formula is C32H28ClFN2O3S2. The predicted octanol–water partition coefficient (Wildman–Crippen LogP) is 6.46. The fraction of sp³-hybridized carbons (Fsp3) is 0.250. The largest absolute Gasteiger partial charge is 0.378 e. The van der Waals surface area contributed by atoms with Crippen LogP contribution in [-0.2, 0) is 26.3 Å². The summed E-state index contributed by atoms with van der Waals surface area (Å²) in [6, 6.07) is 23.9. The molecule has 2 atom stereocenters. The van der Waals surface area contributed by atoms with Gasteiger partial charge >= 0.3 is 0 Å². The minimum atomic E-state index is -1.01. The monoisotopic (exact) mass is 606 g/mol. The average molecular weight is 607 g/mol. The van der Waals surface area contributed by atoms with Crippen molar-refractivity contribution in [2.75, 3.05) is 31.2 Å². The number of hydrogen-bond acceptors (Lipinski definition) is 6. The lowest BCUT2D eigenvalue weighted by atomic mass is 9.77. The quantitative estimate of drug-likeness (QED) is 0.245. The van der Waals surface area contributed by atoms with Crippen molar-refractivity contribution < 1.29 is 18.7 Å². The van der Waals surface area contributed by atoms with Gasteiger partial charge in [-0.2, -0.15) is 0 Å². The molecule has 0 spiro atoms. The minimum Gasteiger partial charge on any atom is -0.378 e. The number of carbonyl (C=O) groups is 2. The standard InChI is InChI=1S/C32H28ClFN2O3S2/c33-27-3-1-2-4-29(27)41-30-28(37)19-32(35-31(30)38,22-7-11-25(12-8-22)36-13-15-39-16-14-36)23-18-26(40-20-23)17-21-5-9-24(34)10-6-21/h1-12,18,20,30H,13-17,19H2,(H,35,38)/t30-,32?/m1/s1. The van der Waals surface area contributed by atoms with Crippen molar-refractivity contribution in [2.24, 2.45) is 0 Å². The maximum Gasteiger partial charge on any atom is 0.242 e. The predicted molar refractivity (Wildman–Crippen MR) is 163 cm³/mol. The van der Waals surface area contributed by atoms with E-state index in [1.165, 1.54) is 23.9 Å². The highest BCUT2D eigenvalue weighted by Gasteiger charge is 2.48. The number of ether oxygens (including phenoxy) is 1. The van der Waals surface area contributed by atoms with E-state index in [0.29, 0.717) is 29.6 Å². The van der Waals surface area contributed by atoms with Gasteiger partial charge in [0.15, 0.2) is 5.78 Å². The topological polar surface area (TPSA) is 58.6 Å². The third-order valence-corrected chi connectivity index (χ3v) is 10.3. The maximum absolute atomic E-state index is 13.7. The zero-order valence-corrected chi connectivity index (χ0v) is 24.5. The minimum absolute atomic E-state index is 0.116. The summed E-state index contributed by atoms with van der Waals surface area (Å²) in [5.41, 5.74) is 2.77. The first-order valence-electron chi connectivity index (χ1n) is 13.4. The molecular weight excluding hydrogens is 579 g/mol. The van der Waals surface area contributed by atoms with E-state index >= 15 is 0 Å². The van der Waals surface area contributed by atoms with Crippen LogP contribution in [0.2, 0.25) is 5.02 Å². The van der Waals surface area contributed by atoms with E-state index in [2.05, 4.69) is 28.4 Å². The van der Waals surface area contributed by atoms with Gasteiger partial charge in [-0.05, 0) is 64.5 Å². The Bertz CT molecular complexity index is 1530. The molecule has 6 rings (SSSR count). The van der Waals surface area contributed by atoms with Crippen molar-refractivity contribution in [2.45, 2.75) is 28.5 Å². The number of halogens is 2. The van der Waals surface area contributed by atoms with Crippen molar-refractivity contribution in [1.29, 1.82) is 0 Å². The van der Waals surface area contributed by atoms with Gasteiger partial charge in [0.25, 0.3) is 0 Å². The van der Waals surface area contributed by atoms with Crippen LogP contribution in [0.1, 0.15) is 28.0 Å². The molecule has 41 heavy (non-hydrogen) atoms. The second kappa shape index (κ2) is 12.0. The summed E-state index contributed by atoms with van der Waals surface area (Å²) in [6.07, 6.45) is 0.744. The molecule has 1 aromatic heterocycles. The van der Waals surface area contributed by atoms with E-state index in [-0.39, 0.29) is 23.9 Å². The molecule has 4 aromatic rings. The molecule has 2 aliphatic heterocycles. The molecule has 1 N–H and O–H groups in total. The van der Waals surface area contributed by atoms with Gasteiger partial charge in [-0.3, -0.25) is 9.59 Å². The summed E-state index contributed by atoms with van der Waals surface area (Å²) in [4.78, 5) is 31.5. The summed E-state index contributed by atoms with van der Waals surface area (Å²) < 4.78 is 18.9. The number of carbonyl (C=O) groups excluding carboxylic acids is 2. The van der Waals surface area contributed by atoms with E-state index in [1.807, 2.05) is 35.7 Å². The molecule has 0 radical (unpaired) electrons. The number of thioether (sulfide) groups is 1. The van der Waals surface area contributed by atoms with Crippen molar-refractivity contribution in [3.05, 3.63) is 117 Å². The van der Waals surface area contributed by atoms with Gasteiger partial charge < -0.3 is 15.0 Å². The molecule has 1 unspecified atom stereocenters. The smallest absolute Gasteiger partial charge is 0.242 e. The molecule has 3 heterocycles. The fourth-order valence-electron chi connectivity index (χ4n) is 5.40. The van der Waals surface area contributed by atoms with Crippen LogP contribution in [0.3, 0.4) is 0 Å². The first-order chi connectivity index (χ1) is 19.9. The third-order valence-electron chi connectivity index (χ3n) is 7.56. The lowest BCUT2D eigenvalue weighted by Crippen LogP contribution is -2.58. The number of ketones is 1. The average Bonchev–Trinajstić information content (AvgIpc) is 3.46. The number of morpholine rings is 1. The highest BCUT2D eigenvalue weighted by atomic mass is 35.5. The summed E-state index contributed by atoms with van der Waals surface area (Å²) in [7, 11) is 0. The highest BCUT2D eigenvalue weighted by molar-refractivity contribution is 8.01. The summed E-state index contributed by atoms with van der Waals surface area (Å²) in [5, 5.41) is 4.90. The Morgan fingerprint density at radius 1 is 1.00 bits per heavy atom. The van der Waals surface area contributed by atoms with Gasteiger partial charge in [0.05, 0.1) is 23.8 Å². The molecule has 2 aliphatic rings. The van der Waals surface area contributed by atoms with Crippen LogP contribution in [-0.4, -0.2) is 43.2 Å². The second-order valence-corrected chi connectivity index (χ2v) is 12.8. The number of benzene rings is 3. The van der Waals surface area contributed by atoms with E-state index in [1.54, 1.807) is 29.5 Å². The van der Waals surface area contributed by atoms with Crippen LogP contribution in [0.25, 0.3) is 0 Å². The molecule has 0 saturated carbocycles. The van der Waals surface area contributed by atoms with Crippen LogP contribution in [0.5, 0.6) is 0 Å². The number of nitrogens with one attached hydrogen (secondary N) is 1. The maximum atomic E-state index is 13.7. The van der Waals surface area contributed by atoms with Gasteiger partial charge in [-0.25, -0.2) is 4.39 Å². The van der Waals surface area contributed by atoms with E-state index in [9.17, 15) is 14.0 Å².